The topological polar surface area (TPSA) is 127 Å². The molecule has 2 aromatic heterocycles. The van der Waals surface area contributed by atoms with E-state index in [2.05, 4.69) is 15.0 Å². The molecule has 11 nitrogen and oxygen atoms in total. The number of aromatic nitrogens is 3. The number of methoxy groups -OCH3 is 1. The van der Waals surface area contributed by atoms with E-state index < -0.39 is 59.8 Å². The first kappa shape index (κ1) is 36.0. The Kier molecular flexibility index (Phi) is 10.3. The monoisotopic (exact) mass is 685 g/mol. The van der Waals surface area contributed by atoms with Crippen molar-refractivity contribution >= 4 is 23.7 Å². The van der Waals surface area contributed by atoms with Gasteiger partial charge in [-0.15, -0.1) is 0 Å². The average Bonchev–Trinajstić information content (AvgIpc) is 3.02. The molecule has 1 aliphatic heterocycles. The van der Waals surface area contributed by atoms with Crippen molar-refractivity contribution in [2.75, 3.05) is 23.5 Å². The number of benzene rings is 1. The summed E-state index contributed by atoms with van der Waals surface area (Å²) in [5.74, 6) is -1.37. The van der Waals surface area contributed by atoms with Gasteiger partial charge in [-0.05, 0) is 63.4 Å². The van der Waals surface area contributed by atoms with Crippen molar-refractivity contribution in [3.05, 3.63) is 65.1 Å². The Hall–Kier alpha value is -4.83. The zero-order valence-corrected chi connectivity index (χ0v) is 26.5. The summed E-state index contributed by atoms with van der Waals surface area (Å²) in [6.45, 7) is 5.52. The zero-order chi connectivity index (χ0) is 35.6. The van der Waals surface area contributed by atoms with Crippen molar-refractivity contribution in [2.24, 2.45) is 0 Å². The van der Waals surface area contributed by atoms with Gasteiger partial charge in [0, 0.05) is 18.7 Å². The minimum Gasteiger partial charge on any atom is -0.481 e. The van der Waals surface area contributed by atoms with E-state index in [-0.39, 0.29) is 53.6 Å². The number of hydrogen-bond donors (Lipinski definition) is 1. The van der Waals surface area contributed by atoms with Crippen molar-refractivity contribution in [1.29, 1.82) is 0 Å². The fourth-order valence-electron chi connectivity index (χ4n) is 5.22. The molecule has 1 aromatic carbocycles. The van der Waals surface area contributed by atoms with Crippen LogP contribution in [0.3, 0.4) is 0 Å². The molecule has 4 rings (SSSR count). The van der Waals surface area contributed by atoms with Gasteiger partial charge < -0.3 is 24.2 Å². The first-order valence-corrected chi connectivity index (χ1v) is 14.7. The summed E-state index contributed by atoms with van der Waals surface area (Å²) in [6, 6.07) is 2.85. The van der Waals surface area contributed by atoms with Gasteiger partial charge in [0.2, 0.25) is 11.8 Å². The molecule has 0 aliphatic carbocycles. The third-order valence-electron chi connectivity index (χ3n) is 7.59. The quantitative estimate of drug-likeness (QED) is 0.222. The zero-order valence-electron chi connectivity index (χ0n) is 26.5. The van der Waals surface area contributed by atoms with Gasteiger partial charge in [0.25, 0.3) is 0 Å². The first-order valence-electron chi connectivity index (χ1n) is 14.7. The minimum absolute atomic E-state index is 0.0351. The summed E-state index contributed by atoms with van der Waals surface area (Å²) in [5, 5.41) is 9.43. The Morgan fingerprint density at radius 1 is 1.00 bits per heavy atom. The number of carboxylic acid groups (broad SMARTS) is 1. The molecule has 48 heavy (non-hydrogen) atoms. The van der Waals surface area contributed by atoms with E-state index in [1.807, 2.05) is 0 Å². The summed E-state index contributed by atoms with van der Waals surface area (Å²) < 4.78 is 98.9. The highest BCUT2D eigenvalue weighted by Crippen LogP contribution is 2.44. The summed E-state index contributed by atoms with van der Waals surface area (Å²) in [5.41, 5.74) is -4.56. The molecule has 0 saturated heterocycles. The van der Waals surface area contributed by atoms with Crippen LogP contribution in [0.2, 0.25) is 0 Å². The van der Waals surface area contributed by atoms with Crippen LogP contribution in [0.4, 0.5) is 42.8 Å². The van der Waals surface area contributed by atoms with Crippen molar-refractivity contribution in [3.8, 4) is 11.6 Å². The van der Waals surface area contributed by atoms with E-state index >= 15 is 0 Å². The standard InChI is InChI=1S/C31H33F6N5O6/c1-6-20-13-23(25-22(8-9-24(40-25)46-5)42(20)28(45)47-7-2)41(27-38-14-21(15-39-27)48-29(3,4)26(43)44)16-17-10-18(30(32,33)34)12-19(11-17)31(35,36)37/h8-12,14-15,20,23H,6-7,13,16H2,1-5H3,(H,43,44). The van der Waals surface area contributed by atoms with Crippen molar-refractivity contribution < 1.29 is 55.2 Å². The van der Waals surface area contributed by atoms with Gasteiger partial charge in [-0.3, -0.25) is 4.90 Å². The SMILES string of the molecule is CCOC(=O)N1c2ccc(OC)nc2C(N(Cc2cc(C(F)(F)F)cc(C(F)(F)F)c2)c2ncc(OC(C)(C)C(=O)O)cn2)CC1CC. The number of aliphatic carboxylic acids is 1. The number of fused-ring (bicyclic) bond motifs is 1. The number of hydrogen-bond acceptors (Lipinski definition) is 9. The second kappa shape index (κ2) is 13.7. The predicted molar refractivity (Wildman–Crippen MR) is 159 cm³/mol. The fraction of sp³-hybridized carbons (Fsp3) is 0.452. The number of pyridine rings is 1. The summed E-state index contributed by atoms with van der Waals surface area (Å²) in [6.07, 6.45) is -8.11. The summed E-state index contributed by atoms with van der Waals surface area (Å²) in [4.78, 5) is 40.5. The van der Waals surface area contributed by atoms with Crippen LogP contribution in [0.1, 0.15) is 69.0 Å². The number of halogens is 6. The van der Waals surface area contributed by atoms with Crippen LogP contribution in [0, 0.1) is 0 Å². The molecule has 0 fully saturated rings. The van der Waals surface area contributed by atoms with Gasteiger partial charge in [0.1, 0.15) is 0 Å². The number of anilines is 2. The fourth-order valence-corrected chi connectivity index (χ4v) is 5.22. The number of amides is 1. The summed E-state index contributed by atoms with van der Waals surface area (Å²) >= 11 is 0. The van der Waals surface area contributed by atoms with Crippen LogP contribution < -0.4 is 19.3 Å². The summed E-state index contributed by atoms with van der Waals surface area (Å²) in [7, 11) is 1.35. The molecule has 1 aliphatic rings. The molecule has 3 aromatic rings. The number of alkyl halides is 6. The average molecular weight is 686 g/mol. The molecule has 2 unspecified atom stereocenters. The Morgan fingerprint density at radius 2 is 1.60 bits per heavy atom. The van der Waals surface area contributed by atoms with Crippen LogP contribution in [0.15, 0.2) is 42.7 Å². The highest BCUT2D eigenvalue weighted by molar-refractivity contribution is 5.90. The molecular formula is C31H33F6N5O6. The van der Waals surface area contributed by atoms with Crippen LogP contribution in [0.25, 0.3) is 0 Å². The van der Waals surface area contributed by atoms with Crippen molar-refractivity contribution in [1.82, 2.24) is 15.0 Å². The lowest BCUT2D eigenvalue weighted by atomic mass is 9.92. The van der Waals surface area contributed by atoms with E-state index in [4.69, 9.17) is 14.2 Å². The van der Waals surface area contributed by atoms with Crippen LogP contribution in [0.5, 0.6) is 11.6 Å². The highest BCUT2D eigenvalue weighted by Gasteiger charge is 2.42. The molecule has 0 saturated carbocycles. The van der Waals surface area contributed by atoms with Gasteiger partial charge in [-0.2, -0.15) is 26.3 Å². The Bertz CT molecular complexity index is 1600. The lowest BCUT2D eigenvalue weighted by Crippen LogP contribution is -2.48. The van der Waals surface area contributed by atoms with Crippen LogP contribution in [-0.2, 0) is 28.4 Å². The molecule has 2 atom stereocenters. The lowest BCUT2D eigenvalue weighted by molar-refractivity contribution is -0.152. The molecule has 3 heterocycles. The van der Waals surface area contributed by atoms with Crippen molar-refractivity contribution in [2.45, 2.75) is 77.1 Å². The molecule has 1 amide bonds. The maximum absolute atomic E-state index is 13.8. The third-order valence-corrected chi connectivity index (χ3v) is 7.59. The largest absolute Gasteiger partial charge is 0.481 e. The van der Waals surface area contributed by atoms with Crippen LogP contribution in [-0.4, -0.2) is 57.5 Å². The molecule has 0 bridgehead atoms. The lowest BCUT2D eigenvalue weighted by Gasteiger charge is -2.43. The van der Waals surface area contributed by atoms with Gasteiger partial charge in [0.05, 0.1) is 54.7 Å². The molecule has 260 valence electrons. The Morgan fingerprint density at radius 3 is 2.10 bits per heavy atom. The normalized spacial score (nSPS) is 16.6. The number of carboxylic acids is 1. The van der Waals surface area contributed by atoms with E-state index in [1.165, 1.54) is 36.8 Å². The second-order valence-electron chi connectivity index (χ2n) is 11.3. The van der Waals surface area contributed by atoms with E-state index in [1.54, 1.807) is 19.9 Å². The predicted octanol–water partition coefficient (Wildman–Crippen LogP) is 7.05. The number of nitrogens with zero attached hydrogens (tertiary/aromatic N) is 5. The van der Waals surface area contributed by atoms with Gasteiger partial charge >= 0.3 is 24.4 Å². The van der Waals surface area contributed by atoms with E-state index in [9.17, 15) is 41.0 Å². The molecule has 0 radical (unpaired) electrons. The Labute approximate surface area is 271 Å². The van der Waals surface area contributed by atoms with Gasteiger partial charge in [-0.25, -0.2) is 24.5 Å². The maximum Gasteiger partial charge on any atom is 0.416 e. The molecule has 0 spiro atoms. The van der Waals surface area contributed by atoms with Gasteiger partial charge in [0.15, 0.2) is 11.4 Å². The molecule has 17 heteroatoms. The third kappa shape index (κ3) is 7.82. The first-order chi connectivity index (χ1) is 22.4. The van der Waals surface area contributed by atoms with Gasteiger partial charge in [-0.1, -0.05) is 6.92 Å². The smallest absolute Gasteiger partial charge is 0.416 e. The second-order valence-corrected chi connectivity index (χ2v) is 11.3. The number of rotatable bonds is 10. The number of carbonyl (C=O) groups excluding carboxylic acids is 1. The number of carbonyl (C=O) groups is 2. The maximum atomic E-state index is 13.8. The number of ether oxygens (including phenoxy) is 3. The minimum atomic E-state index is -5.09. The molecule has 1 N–H and O–H groups in total. The molecular weight excluding hydrogens is 652 g/mol. The highest BCUT2D eigenvalue weighted by atomic mass is 19.4. The van der Waals surface area contributed by atoms with Crippen molar-refractivity contribution in [3.63, 3.8) is 0 Å². The van der Waals surface area contributed by atoms with E-state index in [0.29, 0.717) is 18.6 Å². The van der Waals surface area contributed by atoms with Crippen LogP contribution >= 0.6 is 0 Å². The van der Waals surface area contributed by atoms with E-state index in [0.717, 1.165) is 12.4 Å². The Balaban J connectivity index is 1.92.